The van der Waals surface area contributed by atoms with Crippen LogP contribution in [0.2, 0.25) is 0 Å². The van der Waals surface area contributed by atoms with Crippen molar-refractivity contribution in [3.63, 3.8) is 0 Å². The van der Waals surface area contributed by atoms with Gasteiger partial charge in [-0.05, 0) is 55.3 Å². The van der Waals surface area contributed by atoms with Crippen molar-refractivity contribution >= 4 is 0 Å². The maximum Gasteiger partial charge on any atom is 0.123 e. The smallest absolute Gasteiger partial charge is 0.123 e. The fraction of sp³-hybridized carbons (Fsp3) is 0.278. The third kappa shape index (κ3) is 4.68. The molecule has 0 amide bonds. The summed E-state index contributed by atoms with van der Waals surface area (Å²) in [5, 5.41) is 9.33. The van der Waals surface area contributed by atoms with E-state index in [1.165, 1.54) is 37.4 Å². The lowest BCUT2D eigenvalue weighted by Crippen LogP contribution is -2.04. The Morgan fingerprint density at radius 2 is 1.78 bits per heavy atom. The molecular weight excluding hydrogens is 300 g/mol. The van der Waals surface area contributed by atoms with Crippen LogP contribution >= 0.6 is 0 Å². The molecule has 23 heavy (non-hydrogen) atoms. The minimum atomic E-state index is -0.475. The normalized spacial score (nSPS) is 11.6. The highest BCUT2D eigenvalue weighted by atomic mass is 19.1. The van der Waals surface area contributed by atoms with E-state index < -0.39 is 11.7 Å². The summed E-state index contributed by atoms with van der Waals surface area (Å²) in [7, 11) is 1.49. The van der Waals surface area contributed by atoms with Crippen LogP contribution in [0.4, 0.5) is 8.78 Å². The quantitative estimate of drug-likeness (QED) is 0.709. The van der Waals surface area contributed by atoms with Gasteiger partial charge in [0.2, 0.25) is 0 Å². The highest BCUT2D eigenvalue weighted by molar-refractivity contribution is 5.39. The zero-order valence-corrected chi connectivity index (χ0v) is 12.8. The molecule has 5 heteroatoms. The number of hydrogen-bond acceptors (Lipinski definition) is 3. The van der Waals surface area contributed by atoms with Crippen LogP contribution in [0.5, 0.6) is 11.5 Å². The molecule has 0 saturated heterocycles. The van der Waals surface area contributed by atoms with Crippen LogP contribution in [0.1, 0.15) is 24.3 Å². The van der Waals surface area contributed by atoms with Crippen molar-refractivity contribution in [1.82, 2.24) is 0 Å². The molecule has 120 valence electrons. The van der Waals surface area contributed by atoms with Crippen molar-refractivity contribution in [2.24, 2.45) is 0 Å². The minimum absolute atomic E-state index is 0.319. The molecule has 2 aromatic rings. The number of hydrogen-bond donors (Lipinski definition) is 0. The zero-order valence-electron chi connectivity index (χ0n) is 12.8. The number of methoxy groups -OCH3 is 1. The Labute approximate surface area is 134 Å². The van der Waals surface area contributed by atoms with Gasteiger partial charge in [-0.15, -0.1) is 0 Å². The first-order valence-electron chi connectivity index (χ1n) is 7.25. The predicted molar refractivity (Wildman–Crippen MR) is 82.4 cm³/mol. The number of rotatable bonds is 7. The SMILES string of the molecule is COc1ccc(F)cc1C(C#N)CCCOc1ccc(F)cc1. The van der Waals surface area contributed by atoms with Crippen molar-refractivity contribution in [3.05, 3.63) is 59.7 Å². The Morgan fingerprint density at radius 3 is 2.43 bits per heavy atom. The Hall–Kier alpha value is -2.61. The molecule has 3 nitrogen and oxygen atoms in total. The maximum atomic E-state index is 13.4. The van der Waals surface area contributed by atoms with Gasteiger partial charge in [-0.1, -0.05) is 0 Å². The molecule has 0 bridgehead atoms. The summed E-state index contributed by atoms with van der Waals surface area (Å²) in [4.78, 5) is 0. The third-order valence-electron chi connectivity index (χ3n) is 3.44. The standard InChI is InChI=1S/C18H17F2NO2/c1-22-18-9-6-15(20)11-17(18)13(12-21)3-2-10-23-16-7-4-14(19)5-8-16/h4-9,11,13H,2-3,10H2,1H3. The molecule has 0 aliphatic heterocycles. The van der Waals surface area contributed by atoms with E-state index >= 15 is 0 Å². The molecule has 1 atom stereocenters. The van der Waals surface area contributed by atoms with Crippen molar-refractivity contribution in [2.75, 3.05) is 13.7 Å². The van der Waals surface area contributed by atoms with E-state index in [9.17, 15) is 14.0 Å². The molecular formula is C18H17F2NO2. The molecule has 1 unspecified atom stereocenters. The van der Waals surface area contributed by atoms with Gasteiger partial charge in [-0.25, -0.2) is 8.78 Å². The van der Waals surface area contributed by atoms with Gasteiger partial charge in [-0.2, -0.15) is 5.26 Å². The molecule has 2 rings (SSSR count). The van der Waals surface area contributed by atoms with Crippen LogP contribution in [0.15, 0.2) is 42.5 Å². The lowest BCUT2D eigenvalue weighted by atomic mass is 9.95. The summed E-state index contributed by atoms with van der Waals surface area (Å²) in [6.07, 6.45) is 1.12. The number of nitrogens with zero attached hydrogens (tertiary/aromatic N) is 1. The largest absolute Gasteiger partial charge is 0.496 e. The van der Waals surface area contributed by atoms with Gasteiger partial charge in [0.15, 0.2) is 0 Å². The lowest BCUT2D eigenvalue weighted by Gasteiger charge is -2.14. The van der Waals surface area contributed by atoms with E-state index in [2.05, 4.69) is 6.07 Å². The Morgan fingerprint density at radius 1 is 1.09 bits per heavy atom. The molecule has 0 spiro atoms. The van der Waals surface area contributed by atoms with Gasteiger partial charge >= 0.3 is 0 Å². The highest BCUT2D eigenvalue weighted by Gasteiger charge is 2.16. The predicted octanol–water partition coefficient (Wildman–Crippen LogP) is 4.44. The highest BCUT2D eigenvalue weighted by Crippen LogP contribution is 2.30. The molecule has 0 saturated carbocycles. The van der Waals surface area contributed by atoms with E-state index in [0.29, 0.717) is 36.5 Å². The van der Waals surface area contributed by atoms with Crippen molar-refractivity contribution < 1.29 is 18.3 Å². The fourth-order valence-corrected chi connectivity index (χ4v) is 2.28. The monoisotopic (exact) mass is 317 g/mol. The van der Waals surface area contributed by atoms with Crippen molar-refractivity contribution in [3.8, 4) is 17.6 Å². The molecule has 0 radical (unpaired) electrons. The van der Waals surface area contributed by atoms with E-state index in [0.717, 1.165) is 0 Å². The molecule has 0 N–H and O–H groups in total. The van der Waals surface area contributed by atoms with Crippen molar-refractivity contribution in [1.29, 1.82) is 5.26 Å². The fourth-order valence-electron chi connectivity index (χ4n) is 2.28. The van der Waals surface area contributed by atoms with Crippen LogP contribution in [0.25, 0.3) is 0 Å². The number of ether oxygens (including phenoxy) is 2. The molecule has 0 aliphatic carbocycles. The number of halogens is 2. The van der Waals surface area contributed by atoms with Crippen LogP contribution in [-0.4, -0.2) is 13.7 Å². The van der Waals surface area contributed by atoms with E-state index in [1.807, 2.05) is 0 Å². The van der Waals surface area contributed by atoms with Gasteiger partial charge in [0, 0.05) is 5.56 Å². The van der Waals surface area contributed by atoms with Crippen LogP contribution in [0.3, 0.4) is 0 Å². The first-order chi connectivity index (χ1) is 11.1. The lowest BCUT2D eigenvalue weighted by molar-refractivity contribution is 0.304. The molecule has 0 heterocycles. The second kappa shape index (κ2) is 8.14. The van der Waals surface area contributed by atoms with Crippen molar-refractivity contribution in [2.45, 2.75) is 18.8 Å². The zero-order chi connectivity index (χ0) is 16.7. The van der Waals surface area contributed by atoms with E-state index in [-0.39, 0.29) is 5.82 Å². The summed E-state index contributed by atoms with van der Waals surface area (Å²) in [6, 6.07) is 12.1. The van der Waals surface area contributed by atoms with Crippen LogP contribution < -0.4 is 9.47 Å². The Bertz CT molecular complexity index is 680. The topological polar surface area (TPSA) is 42.2 Å². The maximum absolute atomic E-state index is 13.4. The summed E-state index contributed by atoms with van der Waals surface area (Å²) >= 11 is 0. The minimum Gasteiger partial charge on any atom is -0.496 e. The van der Waals surface area contributed by atoms with Gasteiger partial charge in [0.1, 0.15) is 23.1 Å². The first-order valence-corrected chi connectivity index (χ1v) is 7.25. The summed E-state index contributed by atoms with van der Waals surface area (Å²) in [5.74, 6) is -0.123. The van der Waals surface area contributed by atoms with Crippen LogP contribution in [0, 0.1) is 23.0 Å². The molecule has 0 fully saturated rings. The molecule has 0 aromatic heterocycles. The summed E-state index contributed by atoms with van der Waals surface area (Å²) < 4.78 is 36.9. The molecule has 2 aromatic carbocycles. The average Bonchev–Trinajstić information content (AvgIpc) is 2.56. The second-order valence-electron chi connectivity index (χ2n) is 5.01. The number of nitriles is 1. The van der Waals surface area contributed by atoms with E-state index in [4.69, 9.17) is 9.47 Å². The first kappa shape index (κ1) is 16.8. The average molecular weight is 317 g/mol. The Kier molecular flexibility index (Phi) is 5.93. The second-order valence-corrected chi connectivity index (χ2v) is 5.01. The van der Waals surface area contributed by atoms with Gasteiger partial charge in [0.25, 0.3) is 0 Å². The van der Waals surface area contributed by atoms with Gasteiger partial charge < -0.3 is 9.47 Å². The van der Waals surface area contributed by atoms with Gasteiger partial charge in [-0.3, -0.25) is 0 Å². The number of benzene rings is 2. The van der Waals surface area contributed by atoms with Crippen LogP contribution in [-0.2, 0) is 0 Å². The summed E-state index contributed by atoms with van der Waals surface area (Å²) in [6.45, 7) is 0.390. The van der Waals surface area contributed by atoms with E-state index in [1.54, 1.807) is 12.1 Å². The summed E-state index contributed by atoms with van der Waals surface area (Å²) in [5.41, 5.74) is 0.539. The van der Waals surface area contributed by atoms with Gasteiger partial charge in [0.05, 0.1) is 25.7 Å². The molecule has 0 aliphatic rings. The Balaban J connectivity index is 1.92. The third-order valence-corrected chi connectivity index (χ3v) is 3.44.